The Kier molecular flexibility index (Phi) is 6.78. The van der Waals surface area contributed by atoms with E-state index in [0.29, 0.717) is 37.1 Å². The number of ether oxygens (including phenoxy) is 1. The van der Waals surface area contributed by atoms with E-state index in [9.17, 15) is 9.59 Å². The highest BCUT2D eigenvalue weighted by molar-refractivity contribution is 6.02. The number of H-pyrrole nitrogens is 1. The Morgan fingerprint density at radius 2 is 2.03 bits per heavy atom. The quantitative estimate of drug-likeness (QED) is 0.655. The maximum atomic E-state index is 13.8. The number of hydrogen-bond acceptors (Lipinski definition) is 6. The number of fused-ring (bicyclic) bond motifs is 1. The first-order valence-corrected chi connectivity index (χ1v) is 13.1. The molecule has 11 nitrogen and oxygen atoms in total. The molecular weight excluding hydrogens is 460 g/mol. The molecule has 0 unspecified atom stereocenters. The molecule has 0 spiro atoms. The van der Waals surface area contributed by atoms with Gasteiger partial charge in [0.1, 0.15) is 0 Å². The number of carbonyl (C=O) groups excluding carboxylic acids is 2. The molecule has 0 saturated carbocycles. The van der Waals surface area contributed by atoms with Gasteiger partial charge in [0.2, 0.25) is 0 Å². The lowest BCUT2D eigenvalue weighted by atomic mass is 9.99. The van der Waals surface area contributed by atoms with Gasteiger partial charge < -0.3 is 19.9 Å². The van der Waals surface area contributed by atoms with Gasteiger partial charge in [0, 0.05) is 63.7 Å². The fourth-order valence-corrected chi connectivity index (χ4v) is 5.69. The normalized spacial score (nSPS) is 22.6. The van der Waals surface area contributed by atoms with Crippen LogP contribution in [-0.4, -0.2) is 92.1 Å². The summed E-state index contributed by atoms with van der Waals surface area (Å²) in [5.74, 6) is 0.833. The first-order valence-electron chi connectivity index (χ1n) is 13.1. The Morgan fingerprint density at radius 3 is 2.72 bits per heavy atom. The predicted octanol–water partition coefficient (Wildman–Crippen LogP) is 2.48. The zero-order valence-corrected chi connectivity index (χ0v) is 21.8. The molecule has 3 aliphatic heterocycles. The lowest BCUT2D eigenvalue weighted by Gasteiger charge is -2.44. The minimum absolute atomic E-state index is 0.0294. The van der Waals surface area contributed by atoms with E-state index in [-0.39, 0.29) is 18.0 Å². The van der Waals surface area contributed by atoms with Crippen LogP contribution in [0.4, 0.5) is 10.6 Å². The topological polar surface area (TPSA) is 112 Å². The SMILES string of the molecule is CCn1ccc(C(=O)Nc2n[nH]c3c2CN(C(=O)N2CCN(CC4CCOCC4)C[C@@H]2C)C3(C)C)n1. The number of piperazine rings is 1. The fourth-order valence-electron chi connectivity index (χ4n) is 5.69. The summed E-state index contributed by atoms with van der Waals surface area (Å²) in [4.78, 5) is 32.9. The van der Waals surface area contributed by atoms with Gasteiger partial charge in [-0.2, -0.15) is 10.2 Å². The van der Waals surface area contributed by atoms with Crippen LogP contribution in [0.2, 0.25) is 0 Å². The largest absolute Gasteiger partial charge is 0.381 e. The van der Waals surface area contributed by atoms with Crippen molar-refractivity contribution >= 4 is 17.8 Å². The number of aromatic amines is 1. The van der Waals surface area contributed by atoms with Gasteiger partial charge in [0.15, 0.2) is 11.5 Å². The number of nitrogens with one attached hydrogen (secondary N) is 2. The van der Waals surface area contributed by atoms with Gasteiger partial charge in [0.25, 0.3) is 5.91 Å². The molecule has 3 aliphatic rings. The second-order valence-electron chi connectivity index (χ2n) is 10.7. The van der Waals surface area contributed by atoms with E-state index < -0.39 is 5.54 Å². The van der Waals surface area contributed by atoms with Crippen molar-refractivity contribution in [2.45, 2.75) is 65.2 Å². The summed E-state index contributed by atoms with van der Waals surface area (Å²) in [7, 11) is 0. The number of hydrogen-bond donors (Lipinski definition) is 2. The minimum Gasteiger partial charge on any atom is -0.381 e. The molecule has 36 heavy (non-hydrogen) atoms. The molecule has 0 aliphatic carbocycles. The third-order valence-electron chi connectivity index (χ3n) is 7.94. The minimum atomic E-state index is -0.564. The summed E-state index contributed by atoms with van der Waals surface area (Å²) in [6, 6.07) is 1.85. The summed E-state index contributed by atoms with van der Waals surface area (Å²) >= 11 is 0. The van der Waals surface area contributed by atoms with Crippen molar-refractivity contribution in [1.82, 2.24) is 34.7 Å². The summed E-state index contributed by atoms with van der Waals surface area (Å²) < 4.78 is 7.21. The maximum Gasteiger partial charge on any atom is 0.321 e. The summed E-state index contributed by atoms with van der Waals surface area (Å²) in [6.45, 7) is 14.5. The second kappa shape index (κ2) is 9.85. The second-order valence-corrected chi connectivity index (χ2v) is 10.7. The maximum absolute atomic E-state index is 13.8. The Hall–Kier alpha value is -2.92. The summed E-state index contributed by atoms with van der Waals surface area (Å²) in [6.07, 6.45) is 4.03. The van der Waals surface area contributed by atoms with Crippen molar-refractivity contribution in [3.63, 3.8) is 0 Å². The molecule has 5 heterocycles. The number of aromatic nitrogens is 4. The van der Waals surface area contributed by atoms with Crippen LogP contribution < -0.4 is 5.32 Å². The lowest BCUT2D eigenvalue weighted by Crippen LogP contribution is -2.59. The van der Waals surface area contributed by atoms with Gasteiger partial charge in [-0.25, -0.2) is 4.79 Å². The fraction of sp³-hybridized carbons (Fsp3) is 0.680. The molecule has 2 saturated heterocycles. The molecule has 196 valence electrons. The van der Waals surface area contributed by atoms with E-state index >= 15 is 0 Å². The van der Waals surface area contributed by atoms with Gasteiger partial charge in [-0.05, 0) is 52.5 Å². The third kappa shape index (κ3) is 4.61. The molecule has 1 atom stereocenters. The lowest BCUT2D eigenvalue weighted by molar-refractivity contribution is 0.0290. The highest BCUT2D eigenvalue weighted by Crippen LogP contribution is 2.41. The van der Waals surface area contributed by atoms with Gasteiger partial charge in [-0.1, -0.05) is 0 Å². The molecule has 2 N–H and O–H groups in total. The van der Waals surface area contributed by atoms with Crippen LogP contribution in [0, 0.1) is 5.92 Å². The highest BCUT2D eigenvalue weighted by Gasteiger charge is 2.46. The number of aryl methyl sites for hydroxylation is 1. The van der Waals surface area contributed by atoms with Crippen LogP contribution in [-0.2, 0) is 23.4 Å². The molecule has 3 amide bonds. The Balaban J connectivity index is 1.24. The average Bonchev–Trinajstić information content (AvgIpc) is 3.56. The van der Waals surface area contributed by atoms with E-state index in [1.54, 1.807) is 16.9 Å². The Labute approximate surface area is 212 Å². The zero-order chi connectivity index (χ0) is 25.4. The first-order chi connectivity index (χ1) is 17.3. The van der Waals surface area contributed by atoms with Gasteiger partial charge in [-0.3, -0.25) is 19.5 Å². The molecule has 0 aromatic carbocycles. The van der Waals surface area contributed by atoms with Crippen molar-refractivity contribution in [2.75, 3.05) is 44.7 Å². The number of nitrogens with zero attached hydrogens (tertiary/aromatic N) is 6. The van der Waals surface area contributed by atoms with Gasteiger partial charge in [0.05, 0.1) is 17.8 Å². The monoisotopic (exact) mass is 498 g/mol. The van der Waals surface area contributed by atoms with Crippen LogP contribution >= 0.6 is 0 Å². The predicted molar refractivity (Wildman–Crippen MR) is 135 cm³/mol. The van der Waals surface area contributed by atoms with E-state index in [4.69, 9.17) is 4.74 Å². The first kappa shape index (κ1) is 24.8. The van der Waals surface area contributed by atoms with E-state index in [1.807, 2.05) is 30.6 Å². The van der Waals surface area contributed by atoms with Crippen molar-refractivity contribution in [1.29, 1.82) is 0 Å². The van der Waals surface area contributed by atoms with E-state index in [0.717, 1.165) is 56.9 Å². The Morgan fingerprint density at radius 1 is 1.25 bits per heavy atom. The molecule has 0 radical (unpaired) electrons. The van der Waals surface area contributed by atoms with Crippen LogP contribution in [0.25, 0.3) is 0 Å². The summed E-state index contributed by atoms with van der Waals surface area (Å²) in [5, 5.41) is 14.6. The molecule has 5 rings (SSSR count). The third-order valence-corrected chi connectivity index (χ3v) is 7.94. The van der Waals surface area contributed by atoms with Crippen LogP contribution in [0.3, 0.4) is 0 Å². The number of amides is 3. The van der Waals surface area contributed by atoms with E-state index in [1.165, 1.54) is 0 Å². The van der Waals surface area contributed by atoms with Gasteiger partial charge in [-0.15, -0.1) is 0 Å². The summed E-state index contributed by atoms with van der Waals surface area (Å²) in [5.41, 5.74) is 1.48. The Bertz CT molecular complexity index is 1100. The van der Waals surface area contributed by atoms with Crippen molar-refractivity contribution < 1.29 is 14.3 Å². The molecule has 0 bridgehead atoms. The van der Waals surface area contributed by atoms with Gasteiger partial charge >= 0.3 is 6.03 Å². The number of rotatable bonds is 5. The van der Waals surface area contributed by atoms with Crippen molar-refractivity contribution in [2.24, 2.45) is 5.92 Å². The highest BCUT2D eigenvalue weighted by atomic mass is 16.5. The van der Waals surface area contributed by atoms with Crippen molar-refractivity contribution in [3.8, 4) is 0 Å². The molecule has 2 fully saturated rings. The number of anilines is 1. The molecular formula is C25H38N8O3. The smallest absolute Gasteiger partial charge is 0.321 e. The van der Waals surface area contributed by atoms with E-state index in [2.05, 4.69) is 32.4 Å². The van der Waals surface area contributed by atoms with Crippen LogP contribution in [0.1, 0.15) is 62.3 Å². The molecule has 11 heteroatoms. The molecule has 2 aromatic rings. The van der Waals surface area contributed by atoms with Crippen LogP contribution in [0.5, 0.6) is 0 Å². The van der Waals surface area contributed by atoms with Crippen molar-refractivity contribution in [3.05, 3.63) is 29.2 Å². The average molecular weight is 499 g/mol. The van der Waals surface area contributed by atoms with Crippen LogP contribution in [0.15, 0.2) is 12.3 Å². The molecule has 2 aromatic heterocycles. The number of carbonyl (C=O) groups is 2. The standard InChI is InChI=1S/C25H38N8O3/c1-5-31-9-6-20(29-31)23(34)26-22-19-16-33(25(3,4)21(19)27-28-22)24(35)32-11-10-30(14-17(32)2)15-18-7-12-36-13-8-18/h6,9,17-18H,5,7-8,10-16H2,1-4H3,(H2,26,27,28,34)/t17-/m0/s1. The zero-order valence-electron chi connectivity index (χ0n) is 21.8. The number of urea groups is 1.